The van der Waals surface area contributed by atoms with E-state index in [2.05, 4.69) is 4.98 Å². The van der Waals surface area contributed by atoms with Crippen molar-refractivity contribution in [2.45, 2.75) is 6.92 Å². The molecule has 0 saturated carbocycles. The Kier molecular flexibility index (Phi) is 3.37. The van der Waals surface area contributed by atoms with Gasteiger partial charge in [0.25, 0.3) is 5.91 Å². The number of carbonyl (C=O) groups is 1. The summed E-state index contributed by atoms with van der Waals surface area (Å²) in [5.41, 5.74) is 1.60. The van der Waals surface area contributed by atoms with Crippen LogP contribution >= 0.6 is 0 Å². The number of amides is 1. The monoisotopic (exact) mass is 244 g/mol. The fourth-order valence-corrected chi connectivity index (χ4v) is 1.67. The number of anilines is 1. The van der Waals surface area contributed by atoms with E-state index in [0.717, 1.165) is 5.56 Å². The van der Waals surface area contributed by atoms with Crippen LogP contribution in [0.1, 0.15) is 15.9 Å². The smallest absolute Gasteiger partial charge is 0.260 e. The van der Waals surface area contributed by atoms with E-state index in [0.29, 0.717) is 5.69 Å². The van der Waals surface area contributed by atoms with Gasteiger partial charge in [0.15, 0.2) is 0 Å². The van der Waals surface area contributed by atoms with Crippen LogP contribution in [0.4, 0.5) is 10.1 Å². The number of benzene rings is 1. The molecule has 0 fully saturated rings. The average molecular weight is 244 g/mol. The number of hydrogen-bond acceptors (Lipinski definition) is 2. The van der Waals surface area contributed by atoms with Crippen LogP contribution in [0.25, 0.3) is 0 Å². The minimum atomic E-state index is -0.508. The second-order valence-electron chi connectivity index (χ2n) is 4.05. The van der Waals surface area contributed by atoms with Crippen molar-refractivity contribution >= 4 is 11.6 Å². The fourth-order valence-electron chi connectivity index (χ4n) is 1.67. The molecule has 2 rings (SSSR count). The van der Waals surface area contributed by atoms with E-state index < -0.39 is 5.82 Å². The number of halogens is 1. The van der Waals surface area contributed by atoms with Crippen molar-refractivity contribution < 1.29 is 9.18 Å². The van der Waals surface area contributed by atoms with E-state index in [1.165, 1.54) is 11.0 Å². The first-order chi connectivity index (χ1) is 8.59. The molecule has 1 heterocycles. The van der Waals surface area contributed by atoms with E-state index in [-0.39, 0.29) is 11.5 Å². The maximum Gasteiger partial charge on any atom is 0.260 e. The normalized spacial score (nSPS) is 10.2. The van der Waals surface area contributed by atoms with Crippen molar-refractivity contribution in [3.8, 4) is 0 Å². The summed E-state index contributed by atoms with van der Waals surface area (Å²) in [5, 5.41) is 0. The van der Waals surface area contributed by atoms with Crippen LogP contribution in [0.15, 0.2) is 42.7 Å². The predicted molar refractivity (Wildman–Crippen MR) is 68.1 cm³/mol. The Morgan fingerprint density at radius 2 is 1.89 bits per heavy atom. The Hall–Kier alpha value is -2.23. The van der Waals surface area contributed by atoms with Crippen LogP contribution in [-0.4, -0.2) is 17.9 Å². The number of aryl methyl sites for hydroxylation is 1. The van der Waals surface area contributed by atoms with E-state index >= 15 is 0 Å². The summed E-state index contributed by atoms with van der Waals surface area (Å²) in [7, 11) is 1.61. The molecule has 92 valence electrons. The Bertz CT molecular complexity index is 569. The van der Waals surface area contributed by atoms with Gasteiger partial charge in [0.2, 0.25) is 0 Å². The van der Waals surface area contributed by atoms with Gasteiger partial charge in [-0.1, -0.05) is 11.6 Å². The quantitative estimate of drug-likeness (QED) is 0.813. The lowest BCUT2D eigenvalue weighted by Gasteiger charge is -2.17. The van der Waals surface area contributed by atoms with Crippen LogP contribution in [0.3, 0.4) is 0 Å². The van der Waals surface area contributed by atoms with Gasteiger partial charge in [-0.05, 0) is 31.2 Å². The molecular formula is C14H13FN2O. The number of hydrogen-bond donors (Lipinski definition) is 0. The van der Waals surface area contributed by atoms with Crippen molar-refractivity contribution in [3.63, 3.8) is 0 Å². The van der Waals surface area contributed by atoms with E-state index in [1.807, 2.05) is 6.92 Å². The third kappa shape index (κ3) is 2.37. The molecule has 1 aromatic heterocycles. The second kappa shape index (κ2) is 4.96. The fraction of sp³-hybridized carbons (Fsp3) is 0.143. The first kappa shape index (κ1) is 12.2. The number of aromatic nitrogens is 1. The van der Waals surface area contributed by atoms with Crippen LogP contribution in [-0.2, 0) is 0 Å². The second-order valence-corrected chi connectivity index (χ2v) is 4.05. The molecule has 0 bridgehead atoms. The maximum atomic E-state index is 13.6. The standard InChI is InChI=1S/C14H13FN2O/c1-10-3-4-13(15)12(9-10)14(18)17(2)11-5-7-16-8-6-11/h3-9H,1-2H3. The van der Waals surface area contributed by atoms with Crippen molar-refractivity contribution in [2.24, 2.45) is 0 Å². The van der Waals surface area contributed by atoms with E-state index in [9.17, 15) is 9.18 Å². The van der Waals surface area contributed by atoms with Gasteiger partial charge in [-0.2, -0.15) is 0 Å². The molecule has 0 atom stereocenters. The Balaban J connectivity index is 2.34. The maximum absolute atomic E-state index is 13.6. The molecule has 0 radical (unpaired) electrons. The highest BCUT2D eigenvalue weighted by atomic mass is 19.1. The van der Waals surface area contributed by atoms with E-state index in [4.69, 9.17) is 0 Å². The largest absolute Gasteiger partial charge is 0.311 e. The third-order valence-electron chi connectivity index (χ3n) is 2.71. The van der Waals surface area contributed by atoms with Crippen molar-refractivity contribution in [1.29, 1.82) is 0 Å². The molecule has 0 spiro atoms. The summed E-state index contributed by atoms with van der Waals surface area (Å²) in [6, 6.07) is 7.90. The molecule has 0 saturated heterocycles. The Morgan fingerprint density at radius 3 is 2.56 bits per heavy atom. The molecule has 3 nitrogen and oxygen atoms in total. The molecule has 0 unspecified atom stereocenters. The summed E-state index contributed by atoms with van der Waals surface area (Å²) in [6.45, 7) is 1.82. The topological polar surface area (TPSA) is 33.2 Å². The lowest BCUT2D eigenvalue weighted by atomic mass is 10.1. The zero-order chi connectivity index (χ0) is 13.1. The van der Waals surface area contributed by atoms with E-state index in [1.54, 1.807) is 43.7 Å². The van der Waals surface area contributed by atoms with Crippen LogP contribution in [0.2, 0.25) is 0 Å². The summed E-state index contributed by atoms with van der Waals surface area (Å²) >= 11 is 0. The molecule has 0 aliphatic heterocycles. The number of pyridine rings is 1. The van der Waals surface area contributed by atoms with Gasteiger partial charge >= 0.3 is 0 Å². The zero-order valence-corrected chi connectivity index (χ0v) is 10.2. The minimum absolute atomic E-state index is 0.0781. The molecule has 1 amide bonds. The highest BCUT2D eigenvalue weighted by Gasteiger charge is 2.17. The SMILES string of the molecule is Cc1ccc(F)c(C(=O)N(C)c2ccncc2)c1. The summed E-state index contributed by atoms with van der Waals surface area (Å²) in [5.74, 6) is -0.881. The first-order valence-electron chi connectivity index (χ1n) is 5.54. The molecule has 4 heteroatoms. The highest BCUT2D eigenvalue weighted by Crippen LogP contribution is 2.17. The summed E-state index contributed by atoms with van der Waals surface area (Å²) in [6.07, 6.45) is 3.18. The van der Waals surface area contributed by atoms with Gasteiger partial charge in [-0.15, -0.1) is 0 Å². The third-order valence-corrected chi connectivity index (χ3v) is 2.71. The molecule has 0 N–H and O–H groups in total. The molecular weight excluding hydrogens is 231 g/mol. The van der Waals surface area contributed by atoms with Gasteiger partial charge in [0.1, 0.15) is 5.82 Å². The van der Waals surface area contributed by atoms with Crippen molar-refractivity contribution in [3.05, 3.63) is 59.7 Å². The summed E-state index contributed by atoms with van der Waals surface area (Å²) < 4.78 is 13.6. The number of rotatable bonds is 2. The van der Waals surface area contributed by atoms with Gasteiger partial charge in [0, 0.05) is 25.1 Å². The Labute approximate surface area is 105 Å². The molecule has 18 heavy (non-hydrogen) atoms. The highest BCUT2D eigenvalue weighted by molar-refractivity contribution is 6.05. The lowest BCUT2D eigenvalue weighted by molar-refractivity contribution is 0.0989. The molecule has 0 aliphatic rings. The summed E-state index contributed by atoms with van der Waals surface area (Å²) in [4.78, 5) is 17.5. The van der Waals surface area contributed by atoms with Crippen molar-refractivity contribution in [1.82, 2.24) is 4.98 Å². The van der Waals surface area contributed by atoms with Crippen molar-refractivity contribution in [2.75, 3.05) is 11.9 Å². The average Bonchev–Trinajstić information content (AvgIpc) is 2.41. The van der Waals surface area contributed by atoms with Gasteiger partial charge in [-0.25, -0.2) is 4.39 Å². The minimum Gasteiger partial charge on any atom is -0.311 e. The zero-order valence-electron chi connectivity index (χ0n) is 10.2. The lowest BCUT2D eigenvalue weighted by Crippen LogP contribution is -2.27. The number of carbonyl (C=O) groups excluding carboxylic acids is 1. The first-order valence-corrected chi connectivity index (χ1v) is 5.54. The van der Waals surface area contributed by atoms with Crippen LogP contribution in [0, 0.1) is 12.7 Å². The molecule has 2 aromatic rings. The molecule has 0 aliphatic carbocycles. The van der Waals surface area contributed by atoms with Gasteiger partial charge in [-0.3, -0.25) is 9.78 Å². The van der Waals surface area contributed by atoms with Crippen LogP contribution in [0.5, 0.6) is 0 Å². The van der Waals surface area contributed by atoms with Gasteiger partial charge in [0.05, 0.1) is 5.56 Å². The van der Waals surface area contributed by atoms with Gasteiger partial charge < -0.3 is 4.90 Å². The predicted octanol–water partition coefficient (Wildman–Crippen LogP) is 2.81. The Morgan fingerprint density at radius 1 is 1.22 bits per heavy atom. The van der Waals surface area contributed by atoms with Crippen LogP contribution < -0.4 is 4.90 Å². The molecule has 1 aromatic carbocycles. The number of nitrogens with zero attached hydrogens (tertiary/aromatic N) is 2.